The van der Waals surface area contributed by atoms with Crippen molar-refractivity contribution in [3.63, 3.8) is 0 Å². The van der Waals surface area contributed by atoms with Crippen molar-refractivity contribution in [2.45, 2.75) is 36.6 Å². The van der Waals surface area contributed by atoms with E-state index < -0.39 is 0 Å². The van der Waals surface area contributed by atoms with Gasteiger partial charge in [0.05, 0.1) is 0 Å². The van der Waals surface area contributed by atoms with Crippen LogP contribution in [0.2, 0.25) is 5.02 Å². The highest BCUT2D eigenvalue weighted by Crippen LogP contribution is 2.31. The molecule has 1 saturated carbocycles. The number of hydrogen-bond donors (Lipinski definition) is 1. The predicted molar refractivity (Wildman–Crippen MR) is 72.1 cm³/mol. The van der Waals surface area contributed by atoms with Gasteiger partial charge in [0.1, 0.15) is 0 Å². The van der Waals surface area contributed by atoms with E-state index in [9.17, 15) is 0 Å². The molecule has 1 aliphatic rings. The quantitative estimate of drug-likeness (QED) is 0.807. The largest absolute Gasteiger partial charge is 0.327 e. The van der Waals surface area contributed by atoms with Crippen molar-refractivity contribution in [1.82, 2.24) is 0 Å². The summed E-state index contributed by atoms with van der Waals surface area (Å²) < 4.78 is 0. The van der Waals surface area contributed by atoms with Crippen molar-refractivity contribution in [1.29, 1.82) is 0 Å². The minimum Gasteiger partial charge on any atom is -0.327 e. The topological polar surface area (TPSA) is 26.0 Å². The second-order valence-corrected chi connectivity index (χ2v) is 6.09. The lowest BCUT2D eigenvalue weighted by molar-refractivity contribution is 0.282. The molecule has 3 heteroatoms. The monoisotopic (exact) mass is 255 g/mol. The van der Waals surface area contributed by atoms with Crippen LogP contribution in [0.25, 0.3) is 0 Å². The van der Waals surface area contributed by atoms with Gasteiger partial charge in [-0.25, -0.2) is 0 Å². The van der Waals surface area contributed by atoms with E-state index in [0.29, 0.717) is 6.04 Å². The Hall–Kier alpha value is -0.180. The summed E-state index contributed by atoms with van der Waals surface area (Å²) in [6.45, 7) is 0. The van der Waals surface area contributed by atoms with Gasteiger partial charge in [0, 0.05) is 21.7 Å². The molecule has 16 heavy (non-hydrogen) atoms. The minimum atomic E-state index is 0.328. The van der Waals surface area contributed by atoms with Crippen LogP contribution in [0.15, 0.2) is 29.2 Å². The van der Waals surface area contributed by atoms with E-state index in [2.05, 4.69) is 6.07 Å². The fraction of sp³-hybridized carbons (Fsp3) is 0.538. The Morgan fingerprint density at radius 2 is 2.25 bits per heavy atom. The van der Waals surface area contributed by atoms with Crippen LogP contribution in [0.1, 0.15) is 25.7 Å². The first-order valence-corrected chi connectivity index (χ1v) is 7.24. The van der Waals surface area contributed by atoms with Crippen LogP contribution < -0.4 is 5.73 Å². The molecule has 2 rings (SSSR count). The van der Waals surface area contributed by atoms with Crippen molar-refractivity contribution < 1.29 is 0 Å². The first kappa shape index (κ1) is 12.3. The van der Waals surface area contributed by atoms with E-state index in [4.69, 9.17) is 17.3 Å². The van der Waals surface area contributed by atoms with E-state index in [0.717, 1.165) is 16.7 Å². The molecule has 0 bridgehead atoms. The number of benzene rings is 1. The fourth-order valence-electron chi connectivity index (χ4n) is 1.98. The number of rotatable bonds is 5. The van der Waals surface area contributed by atoms with E-state index in [-0.39, 0.29) is 0 Å². The van der Waals surface area contributed by atoms with Gasteiger partial charge in [0.15, 0.2) is 0 Å². The first-order valence-electron chi connectivity index (χ1n) is 5.88. The Morgan fingerprint density at radius 3 is 2.88 bits per heavy atom. The van der Waals surface area contributed by atoms with Crippen molar-refractivity contribution >= 4 is 23.4 Å². The van der Waals surface area contributed by atoms with E-state index in [1.54, 1.807) is 0 Å². The maximum Gasteiger partial charge on any atom is 0.0417 e. The average molecular weight is 256 g/mol. The predicted octanol–water partition coefficient (Wildman–Crippen LogP) is 3.95. The standard InChI is InChI=1S/C13H18ClNS/c14-11-5-2-6-13(8-11)16-9-12(15)7-10-3-1-4-10/h2,5-6,8,10,12H,1,3-4,7,9,15H2. The van der Waals surface area contributed by atoms with Gasteiger partial charge in [-0.15, -0.1) is 11.8 Å². The van der Waals surface area contributed by atoms with Crippen LogP contribution in [0.5, 0.6) is 0 Å². The van der Waals surface area contributed by atoms with Gasteiger partial charge < -0.3 is 5.73 Å². The average Bonchev–Trinajstić information content (AvgIpc) is 2.21. The molecule has 0 aliphatic heterocycles. The summed E-state index contributed by atoms with van der Waals surface area (Å²) in [5.41, 5.74) is 6.12. The molecular weight excluding hydrogens is 238 g/mol. The molecule has 0 heterocycles. The Bertz CT molecular complexity index is 338. The third-order valence-corrected chi connectivity index (χ3v) is 4.54. The fourth-order valence-corrected chi connectivity index (χ4v) is 3.17. The Balaban J connectivity index is 1.73. The molecule has 88 valence electrons. The summed E-state index contributed by atoms with van der Waals surface area (Å²) in [7, 11) is 0. The van der Waals surface area contributed by atoms with Crippen LogP contribution in [-0.4, -0.2) is 11.8 Å². The molecule has 0 saturated heterocycles. The molecule has 0 amide bonds. The van der Waals surface area contributed by atoms with Gasteiger partial charge in [-0.1, -0.05) is 36.9 Å². The zero-order chi connectivity index (χ0) is 11.4. The first-order chi connectivity index (χ1) is 7.74. The molecule has 1 nitrogen and oxygen atoms in total. The summed E-state index contributed by atoms with van der Waals surface area (Å²) in [6.07, 6.45) is 5.36. The van der Waals surface area contributed by atoms with Crippen molar-refractivity contribution in [3.8, 4) is 0 Å². The third kappa shape index (κ3) is 3.69. The molecule has 1 aliphatic carbocycles. The van der Waals surface area contributed by atoms with E-state index >= 15 is 0 Å². The SMILES string of the molecule is NC(CSc1cccc(Cl)c1)CC1CCC1. The van der Waals surface area contributed by atoms with Gasteiger partial charge in [0.2, 0.25) is 0 Å². The maximum atomic E-state index is 6.12. The molecule has 0 aromatic heterocycles. The zero-order valence-electron chi connectivity index (χ0n) is 9.36. The lowest BCUT2D eigenvalue weighted by Crippen LogP contribution is -2.28. The molecule has 2 N–H and O–H groups in total. The number of thioether (sulfide) groups is 1. The third-order valence-electron chi connectivity index (χ3n) is 3.12. The highest BCUT2D eigenvalue weighted by atomic mass is 35.5. The highest BCUT2D eigenvalue weighted by molar-refractivity contribution is 7.99. The summed E-state index contributed by atoms with van der Waals surface area (Å²) >= 11 is 7.74. The van der Waals surface area contributed by atoms with Gasteiger partial charge in [-0.3, -0.25) is 0 Å². The van der Waals surface area contributed by atoms with Crippen LogP contribution in [0, 0.1) is 5.92 Å². The number of halogens is 1. The molecular formula is C13H18ClNS. The molecule has 1 aromatic carbocycles. The van der Waals surface area contributed by atoms with Gasteiger partial charge in [-0.05, 0) is 30.5 Å². The summed E-state index contributed by atoms with van der Waals surface area (Å²) in [5, 5.41) is 0.803. The molecule has 1 aromatic rings. The summed E-state index contributed by atoms with van der Waals surface area (Å²) in [6, 6.07) is 8.31. The second-order valence-electron chi connectivity index (χ2n) is 4.56. The van der Waals surface area contributed by atoms with Gasteiger partial charge in [0.25, 0.3) is 0 Å². The van der Waals surface area contributed by atoms with E-state index in [1.165, 1.54) is 30.6 Å². The van der Waals surface area contributed by atoms with Crippen LogP contribution in [-0.2, 0) is 0 Å². The number of hydrogen-bond acceptors (Lipinski definition) is 2. The van der Waals surface area contributed by atoms with Crippen molar-refractivity contribution in [2.24, 2.45) is 11.7 Å². The number of nitrogens with two attached hydrogens (primary N) is 1. The normalized spacial score (nSPS) is 18.1. The zero-order valence-corrected chi connectivity index (χ0v) is 10.9. The molecule has 1 atom stereocenters. The highest BCUT2D eigenvalue weighted by Gasteiger charge is 2.20. The van der Waals surface area contributed by atoms with Crippen molar-refractivity contribution in [3.05, 3.63) is 29.3 Å². The summed E-state index contributed by atoms with van der Waals surface area (Å²) in [4.78, 5) is 1.22. The minimum absolute atomic E-state index is 0.328. The molecule has 1 fully saturated rings. The smallest absolute Gasteiger partial charge is 0.0417 e. The van der Waals surface area contributed by atoms with Crippen LogP contribution >= 0.6 is 23.4 Å². The molecule has 1 unspecified atom stereocenters. The van der Waals surface area contributed by atoms with Crippen LogP contribution in [0.3, 0.4) is 0 Å². The molecule has 0 spiro atoms. The van der Waals surface area contributed by atoms with Crippen molar-refractivity contribution in [2.75, 3.05) is 5.75 Å². The second kappa shape index (κ2) is 5.95. The van der Waals surface area contributed by atoms with Gasteiger partial charge >= 0.3 is 0 Å². The molecule has 0 radical (unpaired) electrons. The Kier molecular flexibility index (Phi) is 4.56. The lowest BCUT2D eigenvalue weighted by Gasteiger charge is -2.27. The Morgan fingerprint density at radius 1 is 1.44 bits per heavy atom. The lowest BCUT2D eigenvalue weighted by atomic mass is 9.81. The van der Waals surface area contributed by atoms with E-state index in [1.807, 2.05) is 30.0 Å². The summed E-state index contributed by atoms with van der Waals surface area (Å²) in [5.74, 6) is 1.89. The maximum absolute atomic E-state index is 6.12. The Labute approximate surface area is 107 Å². The van der Waals surface area contributed by atoms with Crippen LogP contribution in [0.4, 0.5) is 0 Å². The van der Waals surface area contributed by atoms with Gasteiger partial charge in [-0.2, -0.15) is 0 Å².